The van der Waals surface area contributed by atoms with E-state index >= 15 is 0 Å². The van der Waals surface area contributed by atoms with Crippen LogP contribution >= 0.6 is 0 Å². The lowest BCUT2D eigenvalue weighted by Gasteiger charge is -2.29. The third-order valence-corrected chi connectivity index (χ3v) is 7.88. The van der Waals surface area contributed by atoms with Crippen LogP contribution in [0, 0.1) is 23.5 Å². The molecule has 4 atom stereocenters. The quantitative estimate of drug-likeness (QED) is 0.376. The number of nitrogens with zero attached hydrogens (tertiary/aromatic N) is 1. The second-order valence-electron chi connectivity index (χ2n) is 9.76. The molecule has 3 N–H and O–H groups in total. The Morgan fingerprint density at radius 2 is 1.65 bits per heavy atom. The Morgan fingerprint density at radius 3 is 2.46 bits per heavy atom. The number of hydrogen-bond acceptors (Lipinski definition) is 4. The van der Waals surface area contributed by atoms with E-state index < -0.39 is 52.8 Å². The van der Waals surface area contributed by atoms with Crippen LogP contribution in [-0.2, 0) is 26.3 Å². The van der Waals surface area contributed by atoms with Crippen LogP contribution in [0.5, 0.6) is 0 Å². The number of nitrogens with one attached hydrogen (secondary N) is 3. The monoisotopic (exact) mass is 498 g/mol. The van der Waals surface area contributed by atoms with Crippen molar-refractivity contribution in [3.05, 3.63) is 95.7 Å². The summed E-state index contributed by atoms with van der Waals surface area (Å²) in [7, 11) is 0. The van der Waals surface area contributed by atoms with E-state index in [1.807, 2.05) is 30.5 Å². The number of imide groups is 1. The van der Waals surface area contributed by atoms with Crippen molar-refractivity contribution in [2.24, 2.45) is 11.8 Å². The van der Waals surface area contributed by atoms with Gasteiger partial charge in [0.15, 0.2) is 0 Å². The van der Waals surface area contributed by atoms with Gasteiger partial charge in [-0.2, -0.15) is 0 Å². The predicted molar refractivity (Wildman–Crippen MR) is 132 cm³/mol. The molecule has 0 unspecified atom stereocenters. The third kappa shape index (κ3) is 2.91. The molecule has 1 aromatic heterocycles. The molecule has 3 aliphatic heterocycles. The number of H-pyrrole nitrogens is 1. The van der Waals surface area contributed by atoms with Gasteiger partial charge in [0, 0.05) is 34.4 Å². The Hall–Kier alpha value is -4.37. The number of fused-ring (bicyclic) bond motifs is 5. The van der Waals surface area contributed by atoms with Crippen molar-refractivity contribution in [2.75, 3.05) is 10.2 Å². The number of anilines is 2. The lowest BCUT2D eigenvalue weighted by Crippen LogP contribution is -2.53. The summed E-state index contributed by atoms with van der Waals surface area (Å²) in [6, 6.07) is 16.1. The van der Waals surface area contributed by atoms with Gasteiger partial charge in [0.05, 0.1) is 17.5 Å². The van der Waals surface area contributed by atoms with Gasteiger partial charge in [0.2, 0.25) is 17.7 Å². The molecule has 7 nitrogen and oxygen atoms in total. The topological polar surface area (TPSA) is 94.3 Å². The minimum Gasteiger partial charge on any atom is -0.361 e. The summed E-state index contributed by atoms with van der Waals surface area (Å²) in [4.78, 5) is 45.6. The number of aromatic amines is 1. The molecule has 2 fully saturated rings. The lowest BCUT2D eigenvalue weighted by molar-refractivity contribution is -0.130. The highest BCUT2D eigenvalue weighted by Crippen LogP contribution is 2.54. The maximum atomic E-state index is 14.4. The Kier molecular flexibility index (Phi) is 4.47. The molecule has 9 heteroatoms. The largest absolute Gasteiger partial charge is 0.361 e. The molecule has 0 radical (unpaired) electrons. The average molecular weight is 498 g/mol. The van der Waals surface area contributed by atoms with E-state index in [-0.39, 0.29) is 5.69 Å². The number of aromatic nitrogens is 1. The molecule has 3 aromatic carbocycles. The minimum atomic E-state index is -1.62. The fourth-order valence-electron chi connectivity index (χ4n) is 6.33. The average Bonchev–Trinajstić information content (AvgIpc) is 3.59. The number of amides is 3. The zero-order valence-electron chi connectivity index (χ0n) is 19.3. The molecule has 0 bridgehead atoms. The first-order valence-corrected chi connectivity index (χ1v) is 12.0. The Labute approximate surface area is 209 Å². The number of carbonyl (C=O) groups is 3. The van der Waals surface area contributed by atoms with Crippen LogP contribution in [0.3, 0.4) is 0 Å². The molecule has 4 aromatic rings. The number of hydrogen-bond donors (Lipinski definition) is 3. The Morgan fingerprint density at radius 1 is 0.892 bits per heavy atom. The van der Waals surface area contributed by atoms with Gasteiger partial charge < -0.3 is 10.3 Å². The number of benzene rings is 3. The fraction of sp³-hybridized carbons (Fsp3) is 0.179. The summed E-state index contributed by atoms with van der Waals surface area (Å²) in [5.41, 5.74) is 1.14. The van der Waals surface area contributed by atoms with E-state index in [1.165, 1.54) is 42.5 Å². The summed E-state index contributed by atoms with van der Waals surface area (Å²) in [6.07, 6.45) is 2.20. The van der Waals surface area contributed by atoms with Crippen LogP contribution < -0.4 is 15.5 Å². The van der Waals surface area contributed by atoms with Gasteiger partial charge >= 0.3 is 0 Å². The standard InChI is InChI=1S/C28H20F2N4O3/c29-15-5-8-17(9-6-15)34-25(35)23-22(11-14-13-31-20-4-2-1-3-18(14)20)33-28(24(23)26(34)36)19-12-16(30)7-10-21(19)32-27(28)37/h1-10,12-13,22-24,31,33H,11H2,(H,32,37)/t22-,23-,24+,28-/m1/s1. The van der Waals surface area contributed by atoms with E-state index in [2.05, 4.69) is 15.6 Å². The van der Waals surface area contributed by atoms with Crippen molar-refractivity contribution in [3.63, 3.8) is 0 Å². The Bertz CT molecular complexity index is 1630. The summed E-state index contributed by atoms with van der Waals surface area (Å²) < 4.78 is 28.0. The minimum absolute atomic E-state index is 0.227. The molecular formula is C28H20F2N4O3. The van der Waals surface area contributed by atoms with Crippen molar-refractivity contribution in [3.8, 4) is 0 Å². The summed E-state index contributed by atoms with van der Waals surface area (Å²) in [5, 5.41) is 7.06. The molecular weight excluding hydrogens is 478 g/mol. The normalized spacial score (nSPS) is 26.3. The van der Waals surface area contributed by atoms with E-state index in [9.17, 15) is 23.2 Å². The van der Waals surface area contributed by atoms with Crippen molar-refractivity contribution in [2.45, 2.75) is 18.0 Å². The summed E-state index contributed by atoms with van der Waals surface area (Å²) in [5.74, 6) is -4.63. The molecule has 3 amide bonds. The molecule has 1 spiro atoms. The maximum absolute atomic E-state index is 14.4. The first kappa shape index (κ1) is 21.9. The highest BCUT2D eigenvalue weighted by Gasteiger charge is 2.70. The van der Waals surface area contributed by atoms with Crippen LogP contribution in [0.1, 0.15) is 11.1 Å². The van der Waals surface area contributed by atoms with Crippen LogP contribution in [0.4, 0.5) is 20.2 Å². The molecule has 2 saturated heterocycles. The van der Waals surface area contributed by atoms with Gasteiger partial charge in [-0.1, -0.05) is 18.2 Å². The van der Waals surface area contributed by atoms with E-state index in [1.54, 1.807) is 0 Å². The van der Waals surface area contributed by atoms with Crippen LogP contribution in [0.25, 0.3) is 10.9 Å². The van der Waals surface area contributed by atoms with Crippen molar-refractivity contribution in [1.82, 2.24) is 10.3 Å². The third-order valence-electron chi connectivity index (χ3n) is 7.88. The molecule has 37 heavy (non-hydrogen) atoms. The van der Waals surface area contributed by atoms with Crippen LogP contribution in [0.15, 0.2) is 72.9 Å². The molecule has 0 saturated carbocycles. The highest BCUT2D eigenvalue weighted by molar-refractivity contribution is 6.25. The molecule has 4 heterocycles. The van der Waals surface area contributed by atoms with Gasteiger partial charge in [-0.15, -0.1) is 0 Å². The predicted octanol–water partition coefficient (Wildman–Crippen LogP) is 3.61. The Balaban J connectivity index is 1.38. The van der Waals surface area contributed by atoms with Gasteiger partial charge in [-0.3, -0.25) is 19.7 Å². The van der Waals surface area contributed by atoms with E-state index in [4.69, 9.17) is 0 Å². The zero-order chi connectivity index (χ0) is 25.5. The van der Waals surface area contributed by atoms with Crippen molar-refractivity contribution in [1.29, 1.82) is 0 Å². The van der Waals surface area contributed by atoms with Gasteiger partial charge in [-0.05, 0) is 60.5 Å². The van der Waals surface area contributed by atoms with E-state index in [0.29, 0.717) is 17.7 Å². The summed E-state index contributed by atoms with van der Waals surface area (Å²) in [6.45, 7) is 0. The second-order valence-corrected chi connectivity index (χ2v) is 9.76. The zero-order valence-corrected chi connectivity index (χ0v) is 19.3. The molecule has 184 valence electrons. The van der Waals surface area contributed by atoms with Crippen molar-refractivity contribution >= 4 is 40.0 Å². The van der Waals surface area contributed by atoms with Gasteiger partial charge in [0.25, 0.3) is 0 Å². The van der Waals surface area contributed by atoms with Gasteiger partial charge in [-0.25, -0.2) is 13.7 Å². The lowest BCUT2D eigenvalue weighted by atomic mass is 9.76. The number of rotatable bonds is 3. The van der Waals surface area contributed by atoms with Crippen molar-refractivity contribution < 1.29 is 23.2 Å². The summed E-state index contributed by atoms with van der Waals surface area (Å²) >= 11 is 0. The van der Waals surface area contributed by atoms with E-state index in [0.717, 1.165) is 21.4 Å². The van der Waals surface area contributed by atoms with Gasteiger partial charge in [0.1, 0.15) is 17.2 Å². The maximum Gasteiger partial charge on any atom is 0.250 e. The SMILES string of the molecule is O=C1[C@H]2[C@@H](C(=O)N1c1ccc(F)cc1)[C@@]1(N[C@@H]2Cc2c[nH]c3ccccc23)C(=O)Nc2ccc(F)cc21. The first-order valence-electron chi connectivity index (χ1n) is 12.0. The smallest absolute Gasteiger partial charge is 0.250 e. The second kappa shape index (κ2) is 7.57. The van der Waals surface area contributed by atoms with Crippen LogP contribution in [0.2, 0.25) is 0 Å². The molecule has 0 aliphatic carbocycles. The molecule has 7 rings (SSSR count). The van der Waals surface area contributed by atoms with Crippen LogP contribution in [-0.4, -0.2) is 28.7 Å². The highest BCUT2D eigenvalue weighted by atomic mass is 19.1. The number of halogens is 2. The number of para-hydroxylation sites is 1. The fourth-order valence-corrected chi connectivity index (χ4v) is 6.33. The molecule has 3 aliphatic rings. The number of carbonyl (C=O) groups excluding carboxylic acids is 3. The first-order chi connectivity index (χ1) is 17.9.